The monoisotopic (exact) mass is 406 g/mol. The molecule has 150 valence electrons. The largest absolute Gasteiger partial charge is 0.341 e. The summed E-state index contributed by atoms with van der Waals surface area (Å²) in [5, 5.41) is 12.1. The van der Waals surface area contributed by atoms with Crippen molar-refractivity contribution in [2.45, 2.75) is 51.7 Å². The normalized spacial score (nSPS) is 18.9. The zero-order chi connectivity index (χ0) is 17.3. The molecule has 7 nitrogen and oxygen atoms in total. The van der Waals surface area contributed by atoms with Gasteiger partial charge in [-0.15, -0.1) is 35.0 Å². The number of aromatic nitrogens is 3. The molecule has 1 atom stereocenters. The molecule has 1 N–H and O–H groups in total. The maximum Gasteiger partial charge on any atom is 0.240 e. The summed E-state index contributed by atoms with van der Waals surface area (Å²) in [6.45, 7) is 8.62. The third-order valence-electron chi connectivity index (χ3n) is 5.26. The number of fused-ring (bicyclic) bond motifs is 1. The van der Waals surface area contributed by atoms with Gasteiger partial charge in [-0.2, -0.15) is 0 Å². The molecular formula is C17H32Cl2N6O. The first-order chi connectivity index (χ1) is 11.5. The van der Waals surface area contributed by atoms with Crippen molar-refractivity contribution in [2.24, 2.45) is 5.92 Å². The molecule has 0 aromatic carbocycles. The summed E-state index contributed by atoms with van der Waals surface area (Å²) < 4.78 is 2.27. The van der Waals surface area contributed by atoms with Crippen molar-refractivity contribution in [3.63, 3.8) is 0 Å². The second-order valence-electron chi connectivity index (χ2n) is 7.55. The highest BCUT2D eigenvalue weighted by atomic mass is 35.5. The maximum absolute atomic E-state index is 12.8. The number of carbonyl (C=O) groups excluding carboxylic acids is 1. The number of nitrogens with one attached hydrogen (secondary N) is 1. The zero-order valence-corrected chi connectivity index (χ0v) is 17.8. The van der Waals surface area contributed by atoms with Crippen LogP contribution in [0.15, 0.2) is 0 Å². The van der Waals surface area contributed by atoms with Gasteiger partial charge in [-0.25, -0.2) is 0 Å². The number of hydrogen-bond acceptors (Lipinski definition) is 5. The van der Waals surface area contributed by atoms with E-state index in [0.29, 0.717) is 11.8 Å². The molecule has 0 aliphatic carbocycles. The second-order valence-corrected chi connectivity index (χ2v) is 7.55. The highest BCUT2D eigenvalue weighted by Gasteiger charge is 2.33. The molecule has 1 unspecified atom stereocenters. The van der Waals surface area contributed by atoms with Crippen LogP contribution in [0.2, 0.25) is 0 Å². The Balaban J connectivity index is 0.00000169. The molecule has 26 heavy (non-hydrogen) atoms. The fourth-order valence-corrected chi connectivity index (χ4v) is 4.06. The molecule has 1 aromatic heterocycles. The van der Waals surface area contributed by atoms with Crippen molar-refractivity contribution in [1.29, 1.82) is 0 Å². The van der Waals surface area contributed by atoms with Crippen LogP contribution in [-0.2, 0) is 17.9 Å². The van der Waals surface area contributed by atoms with Crippen molar-refractivity contribution in [3.8, 4) is 0 Å². The first-order valence-electron chi connectivity index (χ1n) is 9.07. The van der Waals surface area contributed by atoms with Crippen LogP contribution in [0.4, 0.5) is 0 Å². The van der Waals surface area contributed by atoms with Crippen LogP contribution in [0.25, 0.3) is 0 Å². The fraction of sp³-hybridized carbons (Fsp3) is 0.824. The summed E-state index contributed by atoms with van der Waals surface area (Å²) in [5.41, 5.74) is 0. The Morgan fingerprint density at radius 1 is 1.15 bits per heavy atom. The van der Waals surface area contributed by atoms with Gasteiger partial charge in [0.2, 0.25) is 5.91 Å². The number of carbonyl (C=O) groups is 1. The minimum Gasteiger partial charge on any atom is -0.341 e. The van der Waals surface area contributed by atoms with E-state index < -0.39 is 0 Å². The van der Waals surface area contributed by atoms with Gasteiger partial charge in [-0.1, -0.05) is 13.8 Å². The summed E-state index contributed by atoms with van der Waals surface area (Å²) in [5.74, 6) is 3.17. The number of rotatable bonds is 4. The lowest BCUT2D eigenvalue weighted by Crippen LogP contribution is -2.50. The van der Waals surface area contributed by atoms with Gasteiger partial charge in [0.05, 0.1) is 12.6 Å². The minimum absolute atomic E-state index is 0. The highest BCUT2D eigenvalue weighted by molar-refractivity contribution is 5.85. The van der Waals surface area contributed by atoms with E-state index in [1.807, 2.05) is 23.9 Å². The van der Waals surface area contributed by atoms with Crippen LogP contribution in [0, 0.1) is 5.92 Å². The summed E-state index contributed by atoms with van der Waals surface area (Å²) >= 11 is 0. The predicted octanol–water partition coefficient (Wildman–Crippen LogP) is 1.52. The average molecular weight is 407 g/mol. The topological polar surface area (TPSA) is 66.3 Å². The zero-order valence-electron chi connectivity index (χ0n) is 16.1. The number of nitrogens with zero attached hydrogens (tertiary/aromatic N) is 5. The van der Waals surface area contributed by atoms with Crippen LogP contribution >= 0.6 is 24.8 Å². The summed E-state index contributed by atoms with van der Waals surface area (Å²) in [6, 6.07) is -0.0338. The van der Waals surface area contributed by atoms with E-state index in [2.05, 4.69) is 33.9 Å². The van der Waals surface area contributed by atoms with Crippen molar-refractivity contribution < 1.29 is 4.79 Å². The predicted molar refractivity (Wildman–Crippen MR) is 107 cm³/mol. The van der Waals surface area contributed by atoms with Crippen LogP contribution in [-0.4, -0.2) is 70.2 Å². The Bertz CT molecular complexity index is 576. The van der Waals surface area contributed by atoms with Gasteiger partial charge >= 0.3 is 0 Å². The lowest BCUT2D eigenvalue weighted by atomic mass is 9.94. The SMILES string of the molecule is CC(C)C(C(=O)N1CCC(c2nnc3n2CCNC3)CC1)N(C)C.Cl.Cl. The molecule has 3 rings (SSSR count). The van der Waals surface area contributed by atoms with E-state index in [-0.39, 0.29) is 36.8 Å². The van der Waals surface area contributed by atoms with Gasteiger partial charge in [0, 0.05) is 32.1 Å². The molecule has 2 aliphatic rings. The van der Waals surface area contributed by atoms with E-state index in [1.54, 1.807) is 0 Å². The van der Waals surface area contributed by atoms with E-state index >= 15 is 0 Å². The van der Waals surface area contributed by atoms with Crippen molar-refractivity contribution in [3.05, 3.63) is 11.6 Å². The van der Waals surface area contributed by atoms with Gasteiger partial charge in [-0.05, 0) is 32.9 Å². The quantitative estimate of drug-likeness (QED) is 0.820. The maximum atomic E-state index is 12.8. The standard InChI is InChI=1S/C17H30N6O.2ClH/c1-12(2)15(21(3)4)17(24)22-8-5-13(6-9-22)16-20-19-14-11-18-7-10-23(14)16;;/h12-13,15,18H,5-11H2,1-4H3;2*1H. The third-order valence-corrected chi connectivity index (χ3v) is 5.26. The molecule has 1 fully saturated rings. The second kappa shape index (κ2) is 9.88. The van der Waals surface area contributed by atoms with E-state index in [0.717, 1.165) is 57.2 Å². The summed E-state index contributed by atoms with van der Waals surface area (Å²) in [4.78, 5) is 16.9. The third kappa shape index (κ3) is 4.68. The number of hydrogen-bond donors (Lipinski definition) is 1. The van der Waals surface area contributed by atoms with Crippen LogP contribution < -0.4 is 5.32 Å². The Labute approximate surface area is 168 Å². The van der Waals surface area contributed by atoms with Crippen molar-refractivity contribution in [1.82, 2.24) is 29.9 Å². The van der Waals surface area contributed by atoms with E-state index in [1.165, 1.54) is 0 Å². The molecule has 3 heterocycles. The Morgan fingerprint density at radius 3 is 2.38 bits per heavy atom. The average Bonchev–Trinajstić information content (AvgIpc) is 2.98. The molecule has 2 aliphatic heterocycles. The number of amides is 1. The lowest BCUT2D eigenvalue weighted by Gasteiger charge is -2.37. The Kier molecular flexibility index (Phi) is 8.79. The van der Waals surface area contributed by atoms with Gasteiger partial charge in [-0.3, -0.25) is 9.69 Å². The van der Waals surface area contributed by atoms with Gasteiger partial charge in [0.25, 0.3) is 0 Å². The van der Waals surface area contributed by atoms with Crippen molar-refractivity contribution >= 4 is 30.7 Å². The van der Waals surface area contributed by atoms with Gasteiger partial charge in [0.15, 0.2) is 0 Å². The molecule has 1 amide bonds. The molecular weight excluding hydrogens is 375 g/mol. The summed E-state index contributed by atoms with van der Waals surface area (Å²) in [6.07, 6.45) is 1.96. The molecule has 0 saturated carbocycles. The molecule has 0 bridgehead atoms. The van der Waals surface area contributed by atoms with Gasteiger partial charge < -0.3 is 14.8 Å². The highest BCUT2D eigenvalue weighted by Crippen LogP contribution is 2.28. The first-order valence-corrected chi connectivity index (χ1v) is 9.07. The first kappa shape index (κ1) is 23.1. The van der Waals surface area contributed by atoms with E-state index in [4.69, 9.17) is 0 Å². The van der Waals surface area contributed by atoms with Crippen LogP contribution in [0.1, 0.15) is 44.3 Å². The molecule has 1 saturated heterocycles. The smallest absolute Gasteiger partial charge is 0.240 e. The van der Waals surface area contributed by atoms with E-state index in [9.17, 15) is 4.79 Å². The fourth-order valence-electron chi connectivity index (χ4n) is 4.06. The van der Waals surface area contributed by atoms with Gasteiger partial charge in [0.1, 0.15) is 11.6 Å². The molecule has 9 heteroatoms. The minimum atomic E-state index is -0.0338. The number of piperidine rings is 1. The van der Waals surface area contributed by atoms with Crippen LogP contribution in [0.5, 0.6) is 0 Å². The number of halogens is 2. The number of likely N-dealkylation sites (tertiary alicyclic amines) is 1. The van der Waals surface area contributed by atoms with Crippen molar-refractivity contribution in [2.75, 3.05) is 33.7 Å². The summed E-state index contributed by atoms with van der Waals surface area (Å²) in [7, 11) is 3.98. The Hall–Kier alpha value is -0.890. The molecule has 1 aromatic rings. The number of likely N-dealkylation sites (N-methyl/N-ethyl adjacent to an activating group) is 1. The lowest BCUT2D eigenvalue weighted by molar-refractivity contribution is -0.138. The van der Waals surface area contributed by atoms with Crippen LogP contribution in [0.3, 0.4) is 0 Å². The Morgan fingerprint density at radius 2 is 1.81 bits per heavy atom. The molecule has 0 spiro atoms. The molecule has 0 radical (unpaired) electrons.